The van der Waals surface area contributed by atoms with Gasteiger partial charge in [-0.2, -0.15) is 5.10 Å². The average Bonchev–Trinajstić information content (AvgIpc) is 2.72. The number of hydrogen-bond acceptors (Lipinski definition) is 3. The molecule has 1 aliphatic carbocycles. The highest BCUT2D eigenvalue weighted by molar-refractivity contribution is 7.16. The molecule has 1 heterocycles. The summed E-state index contributed by atoms with van der Waals surface area (Å²) in [6.07, 6.45) is 3.43. The average molecular weight is 301 g/mol. The molecule has 21 heavy (non-hydrogen) atoms. The summed E-state index contributed by atoms with van der Waals surface area (Å²) in [5.74, 6) is 0.707. The minimum absolute atomic E-state index is 0.356. The van der Waals surface area contributed by atoms with E-state index in [9.17, 15) is 0 Å². The molecule has 0 N–H and O–H groups in total. The molecular formula is C17H23N3S. The van der Waals surface area contributed by atoms with Crippen LogP contribution in [0.4, 0.5) is 0 Å². The van der Waals surface area contributed by atoms with Crippen LogP contribution >= 0.6 is 11.3 Å². The van der Waals surface area contributed by atoms with Crippen LogP contribution in [0.5, 0.6) is 0 Å². The molecule has 0 saturated heterocycles. The molecule has 0 amide bonds. The standard InChI is InChI=1S/C17H23N3S/c1-12-9-13(11-17(2,3)10-12)18-19-16-20(4)14-7-5-6-8-15(14)21-16/h5-8,12H,9-11H2,1-4H3. The van der Waals surface area contributed by atoms with Crippen molar-refractivity contribution in [2.24, 2.45) is 28.6 Å². The lowest BCUT2D eigenvalue weighted by Gasteiger charge is -2.33. The van der Waals surface area contributed by atoms with Gasteiger partial charge in [0, 0.05) is 12.8 Å². The van der Waals surface area contributed by atoms with E-state index in [-0.39, 0.29) is 0 Å². The number of hydrogen-bond donors (Lipinski definition) is 0. The summed E-state index contributed by atoms with van der Waals surface area (Å²) in [5.41, 5.74) is 2.82. The second-order valence-corrected chi connectivity index (χ2v) is 8.04. The molecule has 0 spiro atoms. The van der Waals surface area contributed by atoms with Crippen LogP contribution in [0.15, 0.2) is 34.5 Å². The third kappa shape index (κ3) is 3.10. The van der Waals surface area contributed by atoms with Gasteiger partial charge in [-0.25, -0.2) is 0 Å². The number of nitrogens with zero attached hydrogens (tertiary/aromatic N) is 3. The molecule has 2 aromatic rings. The van der Waals surface area contributed by atoms with E-state index in [0.717, 1.165) is 17.6 Å². The fourth-order valence-corrected chi connectivity index (χ4v) is 4.45. The van der Waals surface area contributed by atoms with Crippen molar-refractivity contribution in [3.63, 3.8) is 0 Å². The SMILES string of the molecule is CC1CC(=NN=c2sc3ccccc3n2C)CC(C)(C)C1. The van der Waals surface area contributed by atoms with Crippen LogP contribution in [0, 0.1) is 11.3 Å². The Balaban J connectivity index is 1.97. The number of para-hydroxylation sites is 1. The predicted molar refractivity (Wildman–Crippen MR) is 90.6 cm³/mol. The number of benzene rings is 1. The van der Waals surface area contributed by atoms with Crippen LogP contribution < -0.4 is 4.80 Å². The van der Waals surface area contributed by atoms with Crippen molar-refractivity contribution in [2.45, 2.75) is 40.0 Å². The van der Waals surface area contributed by atoms with E-state index in [1.54, 1.807) is 11.3 Å². The lowest BCUT2D eigenvalue weighted by atomic mass is 9.72. The van der Waals surface area contributed by atoms with Crippen LogP contribution in [0.25, 0.3) is 10.2 Å². The second-order valence-electron chi connectivity index (χ2n) is 7.03. The van der Waals surface area contributed by atoms with Gasteiger partial charge < -0.3 is 4.57 Å². The number of aryl methyl sites for hydroxylation is 1. The van der Waals surface area contributed by atoms with E-state index in [0.29, 0.717) is 11.3 Å². The fourth-order valence-electron chi connectivity index (χ4n) is 3.48. The van der Waals surface area contributed by atoms with Crippen LogP contribution in [0.3, 0.4) is 0 Å². The lowest BCUT2D eigenvalue weighted by molar-refractivity contribution is 0.265. The van der Waals surface area contributed by atoms with Gasteiger partial charge in [0.15, 0.2) is 0 Å². The van der Waals surface area contributed by atoms with Crippen molar-refractivity contribution in [1.29, 1.82) is 0 Å². The molecule has 3 rings (SSSR count). The highest BCUT2D eigenvalue weighted by atomic mass is 32.1. The Morgan fingerprint density at radius 1 is 1.24 bits per heavy atom. The van der Waals surface area contributed by atoms with E-state index in [1.807, 2.05) is 0 Å². The zero-order valence-electron chi connectivity index (χ0n) is 13.3. The maximum atomic E-state index is 4.59. The van der Waals surface area contributed by atoms with Crippen molar-refractivity contribution in [2.75, 3.05) is 0 Å². The highest BCUT2D eigenvalue weighted by Gasteiger charge is 2.29. The topological polar surface area (TPSA) is 29.6 Å². The van der Waals surface area contributed by atoms with Gasteiger partial charge in [0.25, 0.3) is 0 Å². The van der Waals surface area contributed by atoms with Crippen LogP contribution in [0.2, 0.25) is 0 Å². The first-order valence-electron chi connectivity index (χ1n) is 7.59. The molecule has 1 atom stereocenters. The first-order valence-corrected chi connectivity index (χ1v) is 8.40. The molecule has 1 fully saturated rings. The smallest absolute Gasteiger partial charge is 0.211 e. The summed E-state index contributed by atoms with van der Waals surface area (Å²) in [7, 11) is 2.06. The number of rotatable bonds is 1. The van der Waals surface area contributed by atoms with Gasteiger partial charge in [0.05, 0.1) is 10.2 Å². The Hall–Kier alpha value is -1.42. The van der Waals surface area contributed by atoms with E-state index in [4.69, 9.17) is 0 Å². The van der Waals surface area contributed by atoms with Crippen molar-refractivity contribution in [1.82, 2.24) is 4.57 Å². The molecule has 0 bridgehead atoms. The Morgan fingerprint density at radius 3 is 2.71 bits per heavy atom. The molecule has 1 aromatic carbocycles. The molecule has 0 radical (unpaired) electrons. The van der Waals surface area contributed by atoms with Gasteiger partial charge in [-0.05, 0) is 42.7 Å². The lowest BCUT2D eigenvalue weighted by Crippen LogP contribution is -2.27. The zero-order chi connectivity index (χ0) is 15.0. The van der Waals surface area contributed by atoms with Crippen molar-refractivity contribution >= 4 is 27.3 Å². The first kappa shape index (κ1) is 14.5. The number of thiazole rings is 1. The normalized spacial score (nSPS) is 24.9. The molecule has 1 aromatic heterocycles. The third-order valence-corrected chi connectivity index (χ3v) is 5.26. The second kappa shape index (κ2) is 5.41. The summed E-state index contributed by atoms with van der Waals surface area (Å²) >= 11 is 1.70. The van der Waals surface area contributed by atoms with Gasteiger partial charge in [0.1, 0.15) is 0 Å². The van der Waals surface area contributed by atoms with Crippen molar-refractivity contribution in [3.8, 4) is 0 Å². The molecular weight excluding hydrogens is 278 g/mol. The molecule has 1 saturated carbocycles. The molecule has 4 heteroatoms. The van der Waals surface area contributed by atoms with Crippen molar-refractivity contribution in [3.05, 3.63) is 29.1 Å². The molecule has 1 aliphatic rings. The van der Waals surface area contributed by atoms with E-state index in [1.165, 1.54) is 22.3 Å². The quantitative estimate of drug-likeness (QED) is 0.701. The van der Waals surface area contributed by atoms with E-state index < -0.39 is 0 Å². The Labute approximate surface area is 130 Å². The van der Waals surface area contributed by atoms with Gasteiger partial charge in [-0.1, -0.05) is 44.2 Å². The maximum Gasteiger partial charge on any atom is 0.211 e. The number of aromatic nitrogens is 1. The predicted octanol–water partition coefficient (Wildman–Crippen LogP) is 4.34. The summed E-state index contributed by atoms with van der Waals surface area (Å²) < 4.78 is 3.39. The largest absolute Gasteiger partial charge is 0.318 e. The van der Waals surface area contributed by atoms with Gasteiger partial charge in [-0.3, -0.25) is 0 Å². The Kier molecular flexibility index (Phi) is 3.74. The zero-order valence-corrected chi connectivity index (χ0v) is 14.1. The van der Waals surface area contributed by atoms with E-state index in [2.05, 4.69) is 66.9 Å². The monoisotopic (exact) mass is 301 g/mol. The Morgan fingerprint density at radius 2 is 2.00 bits per heavy atom. The summed E-state index contributed by atoms with van der Waals surface area (Å²) in [4.78, 5) is 0.972. The van der Waals surface area contributed by atoms with Crippen molar-refractivity contribution < 1.29 is 0 Å². The van der Waals surface area contributed by atoms with Gasteiger partial charge >= 0.3 is 0 Å². The third-order valence-electron chi connectivity index (χ3n) is 4.16. The van der Waals surface area contributed by atoms with Crippen LogP contribution in [-0.4, -0.2) is 10.3 Å². The molecule has 0 aliphatic heterocycles. The fraction of sp³-hybridized carbons (Fsp3) is 0.529. The number of fused-ring (bicyclic) bond motifs is 1. The molecule has 1 unspecified atom stereocenters. The van der Waals surface area contributed by atoms with Crippen LogP contribution in [-0.2, 0) is 7.05 Å². The minimum Gasteiger partial charge on any atom is -0.318 e. The molecule has 3 nitrogen and oxygen atoms in total. The Bertz CT molecular complexity index is 749. The summed E-state index contributed by atoms with van der Waals surface area (Å²) in [6.45, 7) is 6.98. The van der Waals surface area contributed by atoms with Crippen LogP contribution in [0.1, 0.15) is 40.0 Å². The first-order chi connectivity index (χ1) is 9.94. The molecule has 112 valence electrons. The highest BCUT2D eigenvalue weighted by Crippen LogP contribution is 2.37. The summed E-state index contributed by atoms with van der Waals surface area (Å²) in [5, 5.41) is 9.12. The summed E-state index contributed by atoms with van der Waals surface area (Å²) in [6, 6.07) is 8.40. The van der Waals surface area contributed by atoms with E-state index >= 15 is 0 Å². The minimum atomic E-state index is 0.356. The van der Waals surface area contributed by atoms with Gasteiger partial charge in [0.2, 0.25) is 4.80 Å². The maximum absolute atomic E-state index is 4.59. The van der Waals surface area contributed by atoms with Gasteiger partial charge in [-0.15, -0.1) is 5.10 Å².